The summed E-state index contributed by atoms with van der Waals surface area (Å²) in [7, 11) is 0. The number of thiocarbonyl (C=S) groups is 1. The lowest BCUT2D eigenvalue weighted by Gasteiger charge is -2.19. The lowest BCUT2D eigenvalue weighted by Crippen LogP contribution is -2.36. The molecular formula is C27H23FN4O3S. The molecule has 3 N–H and O–H groups in total. The summed E-state index contributed by atoms with van der Waals surface area (Å²) in [5, 5.41) is 25.7. The molecule has 36 heavy (non-hydrogen) atoms. The van der Waals surface area contributed by atoms with Crippen LogP contribution in [0.2, 0.25) is 0 Å². The number of aromatic nitrogens is 1. The molecule has 0 fully saturated rings. The third kappa shape index (κ3) is 4.07. The molecule has 2 heterocycles. The average Bonchev–Trinajstić information content (AvgIpc) is 3.40. The maximum Gasteiger partial charge on any atom is 0.335 e. The smallest absolute Gasteiger partial charge is 0.335 e. The Bertz CT molecular complexity index is 1560. The molecule has 1 aliphatic heterocycles. The second kappa shape index (κ2) is 9.09. The largest absolute Gasteiger partial charge is 0.494 e. The van der Waals surface area contributed by atoms with E-state index in [9.17, 15) is 19.4 Å². The first-order valence-corrected chi connectivity index (χ1v) is 11.7. The minimum absolute atomic E-state index is 0.0545. The van der Waals surface area contributed by atoms with Crippen molar-refractivity contribution in [3.05, 3.63) is 88.7 Å². The summed E-state index contributed by atoms with van der Waals surface area (Å²) in [6.07, 6.45) is 0.658. The zero-order valence-electron chi connectivity index (χ0n) is 19.6. The molecule has 7 nitrogen and oxygen atoms in total. The molecule has 0 amide bonds. The van der Waals surface area contributed by atoms with Crippen LogP contribution in [0.5, 0.6) is 5.88 Å². The van der Waals surface area contributed by atoms with Crippen molar-refractivity contribution < 1.29 is 19.4 Å². The van der Waals surface area contributed by atoms with Crippen LogP contribution in [-0.2, 0) is 6.42 Å². The van der Waals surface area contributed by atoms with Crippen molar-refractivity contribution in [3.8, 4) is 11.6 Å². The molecule has 5 rings (SSSR count). The molecule has 4 aromatic rings. The number of fused-ring (bicyclic) bond motifs is 2. The number of rotatable bonds is 4. The van der Waals surface area contributed by atoms with E-state index in [1.165, 1.54) is 12.1 Å². The summed E-state index contributed by atoms with van der Waals surface area (Å²) in [6, 6.07) is 17.0. The van der Waals surface area contributed by atoms with E-state index in [0.29, 0.717) is 40.3 Å². The van der Waals surface area contributed by atoms with Crippen LogP contribution in [0.3, 0.4) is 0 Å². The lowest BCUT2D eigenvalue weighted by molar-refractivity contribution is 0.0697. The average molecular weight is 503 g/mol. The van der Waals surface area contributed by atoms with E-state index in [0.717, 1.165) is 22.5 Å². The zero-order chi connectivity index (χ0) is 25.6. The van der Waals surface area contributed by atoms with Crippen molar-refractivity contribution in [2.24, 2.45) is 5.10 Å². The van der Waals surface area contributed by atoms with Gasteiger partial charge in [0.2, 0.25) is 5.88 Å². The molecule has 0 radical (unpaired) electrons. The number of benzene rings is 3. The van der Waals surface area contributed by atoms with Crippen LogP contribution in [0.4, 0.5) is 10.1 Å². The fraction of sp³-hybridized carbons (Fsp3) is 0.148. The van der Waals surface area contributed by atoms with Gasteiger partial charge < -0.3 is 15.1 Å². The quantitative estimate of drug-likeness (QED) is 0.203. The van der Waals surface area contributed by atoms with Gasteiger partial charge >= 0.3 is 5.97 Å². The Labute approximate surface area is 212 Å². The predicted octanol–water partition coefficient (Wildman–Crippen LogP) is 5.14. The number of hydrogen-bond acceptors (Lipinski definition) is 4. The first kappa shape index (κ1) is 23.5. The number of halogens is 1. The van der Waals surface area contributed by atoms with Gasteiger partial charge in [0.25, 0.3) is 0 Å². The number of carboxylic acid groups (broad SMARTS) is 1. The Morgan fingerprint density at radius 1 is 1.11 bits per heavy atom. The molecule has 9 heteroatoms. The number of hydrogen-bond donors (Lipinski definition) is 3. The standard InChI is InChI=1S/C27H23FN4O3S/c1-15-3-7-20(8-4-15)32-23-10-6-19(28)14-21(23)24(25(32)33)16(2)29-30-27(36)31-12-11-17-13-18(26(34)35)5-9-22(17)31/h3-10,13-14,33H,11-12H2,1-2H3,(H,30,36)(H,34,35)/b29-16+. The van der Waals surface area contributed by atoms with Crippen molar-refractivity contribution in [2.45, 2.75) is 20.3 Å². The van der Waals surface area contributed by atoms with Crippen LogP contribution in [0.1, 0.15) is 34.0 Å². The topological polar surface area (TPSA) is 90.1 Å². The summed E-state index contributed by atoms with van der Waals surface area (Å²) >= 11 is 5.55. The molecule has 1 aliphatic rings. The summed E-state index contributed by atoms with van der Waals surface area (Å²) in [4.78, 5) is 13.1. The second-order valence-electron chi connectivity index (χ2n) is 8.70. The van der Waals surface area contributed by atoms with E-state index in [1.54, 1.807) is 35.8 Å². The summed E-state index contributed by atoms with van der Waals surface area (Å²) in [5.41, 5.74) is 8.13. The van der Waals surface area contributed by atoms with E-state index >= 15 is 0 Å². The van der Waals surface area contributed by atoms with Gasteiger partial charge in [-0.2, -0.15) is 5.10 Å². The normalized spacial score (nSPS) is 13.2. The molecule has 0 saturated heterocycles. The highest BCUT2D eigenvalue weighted by Gasteiger charge is 2.24. The van der Waals surface area contributed by atoms with E-state index in [4.69, 9.17) is 12.2 Å². The molecule has 0 spiro atoms. The molecule has 0 saturated carbocycles. The summed E-state index contributed by atoms with van der Waals surface area (Å²) in [5.74, 6) is -1.45. The van der Waals surface area contributed by atoms with E-state index in [-0.39, 0.29) is 11.4 Å². The zero-order valence-corrected chi connectivity index (χ0v) is 20.4. The lowest BCUT2D eigenvalue weighted by atomic mass is 10.1. The van der Waals surface area contributed by atoms with Crippen LogP contribution in [0, 0.1) is 12.7 Å². The van der Waals surface area contributed by atoms with Crippen molar-refractivity contribution in [1.29, 1.82) is 0 Å². The fourth-order valence-corrected chi connectivity index (χ4v) is 4.79. The van der Waals surface area contributed by atoms with E-state index in [1.807, 2.05) is 36.1 Å². The van der Waals surface area contributed by atoms with E-state index < -0.39 is 11.8 Å². The second-order valence-corrected chi connectivity index (χ2v) is 9.08. The van der Waals surface area contributed by atoms with Crippen molar-refractivity contribution in [1.82, 2.24) is 9.99 Å². The fourth-order valence-electron chi connectivity index (χ4n) is 4.56. The number of carbonyl (C=O) groups is 1. The Balaban J connectivity index is 1.48. The number of aromatic carboxylic acids is 1. The molecule has 0 atom stereocenters. The van der Waals surface area contributed by atoms with Gasteiger partial charge in [-0.25, -0.2) is 9.18 Å². The highest BCUT2D eigenvalue weighted by atomic mass is 32.1. The molecular weight excluding hydrogens is 479 g/mol. The number of aryl methyl sites for hydroxylation is 1. The Kier molecular flexibility index (Phi) is 5.93. The molecule has 0 unspecified atom stereocenters. The minimum Gasteiger partial charge on any atom is -0.494 e. The van der Waals surface area contributed by atoms with Gasteiger partial charge in [0.15, 0.2) is 5.11 Å². The monoisotopic (exact) mass is 502 g/mol. The minimum atomic E-state index is -0.974. The number of hydrazone groups is 1. The number of aromatic hydroxyl groups is 1. The Morgan fingerprint density at radius 2 is 1.86 bits per heavy atom. The Hall–Kier alpha value is -4.24. The maximum atomic E-state index is 14.2. The van der Waals surface area contributed by atoms with Crippen LogP contribution in [0.15, 0.2) is 65.8 Å². The van der Waals surface area contributed by atoms with E-state index in [2.05, 4.69) is 10.5 Å². The molecule has 3 aromatic carbocycles. The van der Waals surface area contributed by atoms with Crippen LogP contribution >= 0.6 is 12.2 Å². The predicted molar refractivity (Wildman–Crippen MR) is 142 cm³/mol. The van der Waals surface area contributed by atoms with Gasteiger partial charge in [-0.1, -0.05) is 17.7 Å². The van der Waals surface area contributed by atoms with Crippen molar-refractivity contribution in [2.75, 3.05) is 11.4 Å². The summed E-state index contributed by atoms with van der Waals surface area (Å²) < 4.78 is 15.9. The number of anilines is 1. The third-order valence-corrected chi connectivity index (χ3v) is 6.66. The van der Waals surface area contributed by atoms with Crippen LogP contribution in [0.25, 0.3) is 16.6 Å². The molecule has 0 bridgehead atoms. The SMILES string of the molecule is C/C(=N\NC(=S)N1CCc2cc(C(=O)O)ccc21)c1c(O)n(-c2ccc(C)cc2)c2ccc(F)cc12. The third-order valence-electron chi connectivity index (χ3n) is 6.34. The van der Waals surface area contributed by atoms with Gasteiger partial charge in [0.05, 0.1) is 22.4 Å². The molecule has 1 aromatic heterocycles. The van der Waals surface area contributed by atoms with Gasteiger partial charge in [0.1, 0.15) is 5.82 Å². The highest BCUT2D eigenvalue weighted by molar-refractivity contribution is 7.80. The van der Waals surface area contributed by atoms with Crippen LogP contribution < -0.4 is 10.3 Å². The number of nitrogens with one attached hydrogen (secondary N) is 1. The van der Waals surface area contributed by atoms with Gasteiger partial charge in [-0.15, -0.1) is 0 Å². The first-order chi connectivity index (χ1) is 17.2. The molecule has 182 valence electrons. The highest BCUT2D eigenvalue weighted by Crippen LogP contribution is 2.35. The summed E-state index contributed by atoms with van der Waals surface area (Å²) in [6.45, 7) is 4.28. The van der Waals surface area contributed by atoms with Crippen LogP contribution in [-0.4, -0.2) is 38.1 Å². The maximum absolute atomic E-state index is 14.2. The van der Waals surface area contributed by atoms with Gasteiger partial charge in [0, 0.05) is 23.3 Å². The Morgan fingerprint density at radius 3 is 2.58 bits per heavy atom. The molecule has 0 aliphatic carbocycles. The van der Waals surface area contributed by atoms with Crippen molar-refractivity contribution >= 4 is 45.6 Å². The van der Waals surface area contributed by atoms with Gasteiger partial charge in [-0.05, 0) is 86.6 Å². The van der Waals surface area contributed by atoms with Gasteiger partial charge in [-0.3, -0.25) is 9.99 Å². The number of carboxylic acids is 1. The number of nitrogens with zero attached hydrogens (tertiary/aromatic N) is 3. The van der Waals surface area contributed by atoms with Crippen molar-refractivity contribution in [3.63, 3.8) is 0 Å². The first-order valence-electron chi connectivity index (χ1n) is 11.3.